The summed E-state index contributed by atoms with van der Waals surface area (Å²) in [5.74, 6) is -0.0254. The lowest BCUT2D eigenvalue weighted by atomic mass is 9.91. The van der Waals surface area contributed by atoms with E-state index in [9.17, 15) is 14.0 Å². The Balaban J connectivity index is 1.69. The first-order chi connectivity index (χ1) is 13.2. The largest absolute Gasteiger partial charge is 0.345 e. The van der Waals surface area contributed by atoms with Crippen molar-refractivity contribution in [3.63, 3.8) is 0 Å². The lowest BCUT2D eigenvalue weighted by Crippen LogP contribution is -2.34. The topological polar surface area (TPSA) is 94.7 Å². The number of likely N-dealkylation sites (tertiary alicyclic amines) is 1. The Bertz CT molecular complexity index is 1110. The van der Waals surface area contributed by atoms with Gasteiger partial charge in [-0.3, -0.25) is 4.79 Å². The van der Waals surface area contributed by atoms with Crippen molar-refractivity contribution in [2.45, 2.75) is 45.1 Å². The third-order valence-corrected chi connectivity index (χ3v) is 5.06. The van der Waals surface area contributed by atoms with Crippen LogP contribution in [0.4, 0.5) is 4.39 Å². The molecule has 1 atom stereocenters. The molecule has 3 aromatic rings. The average Bonchev–Trinajstić information content (AvgIpc) is 3.25. The number of halogens is 1. The van der Waals surface area contributed by atoms with E-state index in [2.05, 4.69) is 19.9 Å². The average molecular weight is 383 g/mol. The molecular weight excluding hydrogens is 361 g/mol. The van der Waals surface area contributed by atoms with Crippen LogP contribution in [0.3, 0.4) is 0 Å². The summed E-state index contributed by atoms with van der Waals surface area (Å²) >= 11 is 0. The van der Waals surface area contributed by atoms with Crippen molar-refractivity contribution in [3.05, 3.63) is 57.8 Å². The Kier molecular flexibility index (Phi) is 4.28. The lowest BCUT2D eigenvalue weighted by Gasteiger charge is -2.24. The second-order valence-electron chi connectivity index (χ2n) is 8.18. The maximum absolute atomic E-state index is 13.5. The van der Waals surface area contributed by atoms with Crippen LogP contribution in [-0.4, -0.2) is 37.3 Å². The summed E-state index contributed by atoms with van der Waals surface area (Å²) < 4.78 is 13.5. The number of aromatic nitrogens is 4. The van der Waals surface area contributed by atoms with Gasteiger partial charge in [-0.1, -0.05) is 20.8 Å². The smallest absolute Gasteiger partial charge is 0.340 e. The molecule has 1 aromatic carbocycles. The monoisotopic (exact) mass is 383 g/mol. The Labute approximate surface area is 161 Å². The van der Waals surface area contributed by atoms with Crippen molar-refractivity contribution in [1.82, 2.24) is 24.8 Å². The minimum absolute atomic E-state index is 0.128. The first kappa shape index (κ1) is 18.3. The molecule has 2 aromatic heterocycles. The highest BCUT2D eigenvalue weighted by molar-refractivity contribution is 5.93. The molecule has 1 fully saturated rings. The van der Waals surface area contributed by atoms with E-state index in [1.54, 1.807) is 17.0 Å². The normalized spacial score (nSPS) is 17.4. The standard InChI is InChI=1S/C20H22FN5O2/c1-20(2,3)16-10-14(24-19(28)25-16)18(27)26-8-4-5-15(26)17-22-12-7-6-11(21)9-13(12)23-17/h6-7,9-10,15H,4-5,8H2,1-3H3,(H,22,23)(H,24,25,28). The minimum atomic E-state index is -0.536. The van der Waals surface area contributed by atoms with Gasteiger partial charge < -0.3 is 14.9 Å². The van der Waals surface area contributed by atoms with Crippen LogP contribution in [0.5, 0.6) is 0 Å². The first-order valence-electron chi connectivity index (χ1n) is 9.30. The molecule has 1 saturated heterocycles. The number of carbonyl (C=O) groups excluding carboxylic acids is 1. The molecule has 8 heteroatoms. The summed E-state index contributed by atoms with van der Waals surface area (Å²) in [6.45, 7) is 6.42. The zero-order chi connectivity index (χ0) is 20.1. The van der Waals surface area contributed by atoms with Crippen LogP contribution in [0.2, 0.25) is 0 Å². The maximum atomic E-state index is 13.5. The van der Waals surface area contributed by atoms with Gasteiger partial charge in [0.05, 0.1) is 17.1 Å². The number of H-pyrrole nitrogens is 2. The van der Waals surface area contributed by atoms with E-state index < -0.39 is 5.69 Å². The zero-order valence-electron chi connectivity index (χ0n) is 16.0. The van der Waals surface area contributed by atoms with E-state index in [4.69, 9.17) is 0 Å². The molecular formula is C20H22FN5O2. The van der Waals surface area contributed by atoms with E-state index in [0.29, 0.717) is 29.1 Å². The number of rotatable bonds is 2. The molecule has 0 aliphatic carbocycles. The molecule has 3 heterocycles. The Morgan fingerprint density at radius 1 is 1.21 bits per heavy atom. The summed E-state index contributed by atoms with van der Waals surface area (Å²) in [5, 5.41) is 0. The van der Waals surface area contributed by atoms with Gasteiger partial charge in [0.25, 0.3) is 5.91 Å². The molecule has 4 rings (SSSR count). The maximum Gasteiger partial charge on any atom is 0.345 e. The Morgan fingerprint density at radius 2 is 2.00 bits per heavy atom. The van der Waals surface area contributed by atoms with Crippen LogP contribution in [0.15, 0.2) is 29.1 Å². The molecule has 2 N–H and O–H groups in total. The fraction of sp³-hybridized carbons (Fsp3) is 0.400. The van der Waals surface area contributed by atoms with Crippen LogP contribution in [-0.2, 0) is 5.41 Å². The van der Waals surface area contributed by atoms with Gasteiger partial charge in [0.2, 0.25) is 0 Å². The molecule has 1 unspecified atom stereocenters. The molecule has 0 spiro atoms. The predicted molar refractivity (Wildman–Crippen MR) is 103 cm³/mol. The quantitative estimate of drug-likeness (QED) is 0.711. The van der Waals surface area contributed by atoms with Crippen LogP contribution < -0.4 is 5.69 Å². The summed E-state index contributed by atoms with van der Waals surface area (Å²) in [6, 6.07) is 5.74. The van der Waals surface area contributed by atoms with Gasteiger partial charge in [0.15, 0.2) is 0 Å². The van der Waals surface area contributed by atoms with E-state index in [1.165, 1.54) is 12.1 Å². The van der Waals surface area contributed by atoms with Gasteiger partial charge in [-0.2, -0.15) is 4.98 Å². The number of hydrogen-bond donors (Lipinski definition) is 2. The van der Waals surface area contributed by atoms with Crippen LogP contribution in [0, 0.1) is 5.82 Å². The number of imidazole rings is 1. The number of amides is 1. The number of hydrogen-bond acceptors (Lipinski definition) is 4. The highest BCUT2D eigenvalue weighted by atomic mass is 19.1. The molecule has 0 saturated carbocycles. The summed E-state index contributed by atoms with van der Waals surface area (Å²) in [7, 11) is 0. The van der Waals surface area contributed by atoms with Gasteiger partial charge in [0.1, 0.15) is 17.3 Å². The van der Waals surface area contributed by atoms with Crippen molar-refractivity contribution < 1.29 is 9.18 Å². The van der Waals surface area contributed by atoms with Crippen molar-refractivity contribution in [2.24, 2.45) is 0 Å². The van der Waals surface area contributed by atoms with Crippen molar-refractivity contribution in [3.8, 4) is 0 Å². The fourth-order valence-electron chi connectivity index (χ4n) is 3.57. The second-order valence-corrected chi connectivity index (χ2v) is 8.18. The molecule has 7 nitrogen and oxygen atoms in total. The molecule has 0 radical (unpaired) electrons. The molecule has 146 valence electrons. The number of carbonyl (C=O) groups is 1. The number of nitrogens with one attached hydrogen (secondary N) is 2. The van der Waals surface area contributed by atoms with Crippen molar-refractivity contribution >= 4 is 16.9 Å². The second kappa shape index (κ2) is 6.54. The van der Waals surface area contributed by atoms with Gasteiger partial charge >= 0.3 is 5.69 Å². The number of fused-ring (bicyclic) bond motifs is 1. The lowest BCUT2D eigenvalue weighted by molar-refractivity contribution is 0.0723. The van der Waals surface area contributed by atoms with E-state index in [1.807, 2.05) is 20.8 Å². The van der Waals surface area contributed by atoms with Gasteiger partial charge in [-0.15, -0.1) is 0 Å². The van der Waals surface area contributed by atoms with Crippen molar-refractivity contribution in [2.75, 3.05) is 6.54 Å². The molecule has 1 aliphatic heterocycles. The minimum Gasteiger partial charge on any atom is -0.340 e. The molecule has 0 bridgehead atoms. The van der Waals surface area contributed by atoms with Crippen LogP contribution in [0.25, 0.3) is 11.0 Å². The summed E-state index contributed by atoms with van der Waals surface area (Å²) in [6.07, 6.45) is 1.56. The third kappa shape index (κ3) is 3.30. The Morgan fingerprint density at radius 3 is 2.75 bits per heavy atom. The number of nitrogens with zero attached hydrogens (tertiary/aromatic N) is 3. The van der Waals surface area contributed by atoms with Gasteiger partial charge in [0, 0.05) is 17.7 Å². The highest BCUT2D eigenvalue weighted by Crippen LogP contribution is 2.32. The highest BCUT2D eigenvalue weighted by Gasteiger charge is 2.34. The molecule has 1 aliphatic rings. The van der Waals surface area contributed by atoms with Gasteiger partial charge in [-0.05, 0) is 37.1 Å². The van der Waals surface area contributed by atoms with Crippen LogP contribution >= 0.6 is 0 Å². The summed E-state index contributed by atoms with van der Waals surface area (Å²) in [5.41, 5.74) is 1.18. The SMILES string of the molecule is CC(C)(C)c1cc(C(=O)N2CCCC2c2nc3ccc(F)cc3[nH]2)nc(=O)[nH]1. The number of aromatic amines is 2. The van der Waals surface area contributed by atoms with E-state index >= 15 is 0 Å². The van der Waals surface area contributed by atoms with Crippen molar-refractivity contribution in [1.29, 1.82) is 0 Å². The van der Waals surface area contributed by atoms with Crippen LogP contribution in [0.1, 0.15) is 61.7 Å². The van der Waals surface area contributed by atoms with E-state index in [0.717, 1.165) is 12.8 Å². The van der Waals surface area contributed by atoms with Gasteiger partial charge in [-0.25, -0.2) is 14.2 Å². The third-order valence-electron chi connectivity index (χ3n) is 5.06. The van der Waals surface area contributed by atoms with E-state index in [-0.39, 0.29) is 28.9 Å². The number of benzene rings is 1. The zero-order valence-corrected chi connectivity index (χ0v) is 16.0. The molecule has 1 amide bonds. The predicted octanol–water partition coefficient (Wildman–Crippen LogP) is 3.06. The summed E-state index contributed by atoms with van der Waals surface area (Å²) in [4.78, 5) is 41.1. The molecule has 28 heavy (non-hydrogen) atoms. The Hall–Kier alpha value is -3.03. The first-order valence-corrected chi connectivity index (χ1v) is 9.30. The fourth-order valence-corrected chi connectivity index (χ4v) is 3.57.